The third-order valence-electron chi connectivity index (χ3n) is 4.96. The number of fused-ring (bicyclic) bond motifs is 1. The molecule has 34 heavy (non-hydrogen) atoms. The van der Waals surface area contributed by atoms with Gasteiger partial charge in [0.25, 0.3) is 0 Å². The highest BCUT2D eigenvalue weighted by atomic mass is 79.9. The van der Waals surface area contributed by atoms with Crippen LogP contribution in [-0.2, 0) is 18.4 Å². The maximum absolute atomic E-state index is 13.1. The molecular weight excluding hydrogens is 531 g/mol. The highest BCUT2D eigenvalue weighted by molar-refractivity contribution is 9.10. The van der Waals surface area contributed by atoms with Crippen LogP contribution in [0, 0.1) is 5.92 Å². The topological polar surface area (TPSA) is 167 Å². The molecule has 180 valence electrons. The fourth-order valence-electron chi connectivity index (χ4n) is 3.42. The number of rotatable bonds is 9. The number of nitrogens with two attached hydrogens (primary N) is 2. The van der Waals surface area contributed by atoms with Gasteiger partial charge in [-0.2, -0.15) is 9.97 Å². The van der Waals surface area contributed by atoms with Gasteiger partial charge in [0.1, 0.15) is 5.75 Å². The van der Waals surface area contributed by atoms with Crippen LogP contribution in [0.5, 0.6) is 11.6 Å². The van der Waals surface area contributed by atoms with E-state index in [1.807, 2.05) is 16.7 Å². The lowest BCUT2D eigenvalue weighted by atomic mass is 10.1. The van der Waals surface area contributed by atoms with Crippen LogP contribution in [0.2, 0.25) is 0 Å². The Morgan fingerprint density at radius 1 is 1.26 bits per heavy atom. The van der Waals surface area contributed by atoms with Crippen molar-refractivity contribution in [1.82, 2.24) is 19.5 Å². The van der Waals surface area contributed by atoms with E-state index in [1.165, 1.54) is 7.11 Å². The SMILES string of the molecule is COc1nc(N)nc2c1ncn2[C@H]1C=C[C@@H](COP(=O)(OC(=O)CN)Oc2ccc(Br)cc2)C1. The number of anilines is 1. The molecule has 2 aromatic heterocycles. The molecule has 1 aliphatic rings. The number of nitrogens with zero attached hydrogens (tertiary/aromatic N) is 4. The van der Waals surface area contributed by atoms with Crippen LogP contribution >= 0.6 is 23.8 Å². The normalized spacial score (nSPS) is 19.1. The zero-order valence-electron chi connectivity index (χ0n) is 18.0. The Bertz CT molecular complexity index is 1270. The zero-order chi connectivity index (χ0) is 24.3. The van der Waals surface area contributed by atoms with Gasteiger partial charge in [-0.1, -0.05) is 28.1 Å². The summed E-state index contributed by atoms with van der Waals surface area (Å²) in [6.07, 6.45) is 6.07. The summed E-state index contributed by atoms with van der Waals surface area (Å²) in [7, 11) is -2.79. The lowest BCUT2D eigenvalue weighted by molar-refractivity contribution is -0.134. The molecule has 1 aromatic carbocycles. The second-order valence-electron chi connectivity index (χ2n) is 7.32. The first kappa shape index (κ1) is 24.1. The molecule has 1 unspecified atom stereocenters. The van der Waals surface area contributed by atoms with E-state index >= 15 is 0 Å². The number of nitrogen functional groups attached to an aromatic ring is 1. The number of methoxy groups -OCH3 is 1. The molecule has 4 N–H and O–H groups in total. The van der Waals surface area contributed by atoms with E-state index in [2.05, 4.69) is 30.9 Å². The van der Waals surface area contributed by atoms with E-state index in [0.29, 0.717) is 17.6 Å². The molecule has 0 saturated heterocycles. The fraction of sp³-hybridized carbons (Fsp3) is 0.300. The van der Waals surface area contributed by atoms with Gasteiger partial charge >= 0.3 is 13.8 Å². The van der Waals surface area contributed by atoms with Gasteiger partial charge in [0.05, 0.1) is 32.6 Å². The number of aromatic nitrogens is 4. The summed E-state index contributed by atoms with van der Waals surface area (Å²) in [4.78, 5) is 24.4. The van der Waals surface area contributed by atoms with Gasteiger partial charge < -0.3 is 29.8 Å². The van der Waals surface area contributed by atoms with E-state index in [1.54, 1.807) is 30.6 Å². The van der Waals surface area contributed by atoms with Crippen LogP contribution in [0.3, 0.4) is 0 Å². The summed E-state index contributed by atoms with van der Waals surface area (Å²) in [6, 6.07) is 6.39. The minimum atomic E-state index is -4.27. The molecule has 0 radical (unpaired) electrons. The highest BCUT2D eigenvalue weighted by Crippen LogP contribution is 2.50. The molecule has 1 aliphatic carbocycles. The third kappa shape index (κ3) is 5.39. The molecule has 14 heteroatoms. The third-order valence-corrected chi connectivity index (χ3v) is 6.82. The smallest absolute Gasteiger partial charge is 0.479 e. The first-order valence-corrected chi connectivity index (χ1v) is 12.4. The number of hydrogen-bond acceptors (Lipinski definition) is 11. The largest absolute Gasteiger partial charge is 0.589 e. The van der Waals surface area contributed by atoms with Crippen molar-refractivity contribution < 1.29 is 27.7 Å². The van der Waals surface area contributed by atoms with Crippen molar-refractivity contribution in [2.24, 2.45) is 11.7 Å². The standard InChI is InChI=1S/C20H22BrN6O6P/c1-30-19-17-18(25-20(23)26-19)27(11-24-17)14-5-2-12(8-14)10-31-34(29,33-16(28)9-22)32-15-6-3-13(21)4-7-15/h2-7,11-12,14H,8-10,22H2,1H3,(H2,23,25,26)/t12-,14+,34?/m1/s1. The first-order chi connectivity index (χ1) is 16.3. The van der Waals surface area contributed by atoms with Crippen molar-refractivity contribution in [3.63, 3.8) is 0 Å². The molecule has 3 aromatic rings. The van der Waals surface area contributed by atoms with E-state index < -0.39 is 20.3 Å². The summed E-state index contributed by atoms with van der Waals surface area (Å²) in [6.45, 7) is -0.490. The number of halogens is 1. The van der Waals surface area contributed by atoms with Gasteiger partial charge in [0.2, 0.25) is 11.8 Å². The number of phosphoric ester groups is 1. The summed E-state index contributed by atoms with van der Waals surface area (Å²) in [5, 5.41) is 0. The Morgan fingerprint density at radius 2 is 2.03 bits per heavy atom. The molecule has 0 bridgehead atoms. The first-order valence-electron chi connectivity index (χ1n) is 10.1. The number of carbonyl (C=O) groups excluding carboxylic acids is 1. The average molecular weight is 553 g/mol. The second kappa shape index (κ2) is 10.1. The van der Waals surface area contributed by atoms with Gasteiger partial charge in [0.15, 0.2) is 11.2 Å². The van der Waals surface area contributed by atoms with Crippen LogP contribution < -0.4 is 20.7 Å². The highest BCUT2D eigenvalue weighted by Gasteiger charge is 2.35. The predicted molar refractivity (Wildman–Crippen MR) is 126 cm³/mol. The average Bonchev–Trinajstić information content (AvgIpc) is 3.45. The summed E-state index contributed by atoms with van der Waals surface area (Å²) in [5.74, 6) is -0.484. The molecule has 0 aliphatic heterocycles. The summed E-state index contributed by atoms with van der Waals surface area (Å²) >= 11 is 3.31. The zero-order valence-corrected chi connectivity index (χ0v) is 20.5. The number of imidazole rings is 1. The molecule has 2 heterocycles. The van der Waals surface area contributed by atoms with Crippen LogP contribution in [0.15, 0.2) is 47.2 Å². The number of ether oxygens (including phenoxy) is 1. The predicted octanol–water partition coefficient (Wildman–Crippen LogP) is 3.00. The van der Waals surface area contributed by atoms with Crippen molar-refractivity contribution in [3.05, 3.63) is 47.2 Å². The van der Waals surface area contributed by atoms with Gasteiger partial charge in [0, 0.05) is 10.4 Å². The van der Waals surface area contributed by atoms with Gasteiger partial charge in [-0.3, -0.25) is 9.32 Å². The Hall–Kier alpha value is -2.99. The fourth-order valence-corrected chi connectivity index (χ4v) is 4.90. The molecule has 0 amide bonds. The van der Waals surface area contributed by atoms with E-state index in [4.69, 9.17) is 29.8 Å². The monoisotopic (exact) mass is 552 g/mol. The van der Waals surface area contributed by atoms with Crippen LogP contribution in [0.25, 0.3) is 11.2 Å². The number of phosphoric acid groups is 1. The lowest BCUT2D eigenvalue weighted by Gasteiger charge is -2.20. The molecular formula is C20H22BrN6O6P. The Morgan fingerprint density at radius 3 is 2.74 bits per heavy atom. The van der Waals surface area contributed by atoms with Crippen LogP contribution in [0.4, 0.5) is 5.95 Å². The Kier molecular flexibility index (Phi) is 7.17. The van der Waals surface area contributed by atoms with E-state index in [0.717, 1.165) is 4.47 Å². The van der Waals surface area contributed by atoms with Gasteiger partial charge in [-0.25, -0.2) is 9.55 Å². The molecule has 0 saturated carbocycles. The van der Waals surface area contributed by atoms with Crippen molar-refractivity contribution in [2.45, 2.75) is 12.5 Å². The molecule has 0 fully saturated rings. The van der Waals surface area contributed by atoms with Crippen molar-refractivity contribution in [2.75, 3.05) is 26.0 Å². The van der Waals surface area contributed by atoms with Gasteiger partial charge in [-0.15, -0.1) is 0 Å². The van der Waals surface area contributed by atoms with Crippen LogP contribution in [-0.4, -0.2) is 45.7 Å². The maximum atomic E-state index is 13.1. The van der Waals surface area contributed by atoms with Crippen LogP contribution in [0.1, 0.15) is 12.5 Å². The number of hydrogen-bond donors (Lipinski definition) is 2. The molecule has 4 rings (SSSR count). The lowest BCUT2D eigenvalue weighted by Crippen LogP contribution is -2.19. The number of carbonyl (C=O) groups is 1. The molecule has 0 spiro atoms. The summed E-state index contributed by atoms with van der Waals surface area (Å²) < 4.78 is 36.9. The van der Waals surface area contributed by atoms with Gasteiger partial charge in [-0.05, 0) is 30.7 Å². The molecule has 3 atom stereocenters. The number of benzene rings is 1. The second-order valence-corrected chi connectivity index (χ2v) is 9.75. The van der Waals surface area contributed by atoms with E-state index in [9.17, 15) is 9.36 Å². The summed E-state index contributed by atoms with van der Waals surface area (Å²) in [5.41, 5.74) is 12.1. The van der Waals surface area contributed by atoms with Crippen molar-refractivity contribution >= 4 is 46.8 Å². The quantitative estimate of drug-likeness (QED) is 0.295. The van der Waals surface area contributed by atoms with Crippen molar-refractivity contribution in [3.8, 4) is 11.6 Å². The Balaban J connectivity index is 1.45. The number of allylic oxidation sites excluding steroid dienone is 1. The Labute approximate surface area is 203 Å². The minimum Gasteiger partial charge on any atom is -0.479 e. The van der Waals surface area contributed by atoms with E-state index in [-0.39, 0.29) is 36.1 Å². The minimum absolute atomic E-state index is 0.0221. The van der Waals surface area contributed by atoms with Crippen molar-refractivity contribution in [1.29, 1.82) is 0 Å². The maximum Gasteiger partial charge on any atom is 0.589 e. The molecule has 12 nitrogen and oxygen atoms in total.